The second-order valence-electron chi connectivity index (χ2n) is 6.08. The van der Waals surface area contributed by atoms with Crippen molar-refractivity contribution in [3.8, 4) is 5.95 Å². The lowest BCUT2D eigenvalue weighted by Gasteiger charge is -2.10. The largest absolute Gasteiger partial charge is 0.334 e. The monoisotopic (exact) mass is 371 g/mol. The molecular weight excluding hydrogens is 350 g/mol. The molecule has 8 nitrogen and oxygen atoms in total. The average Bonchev–Trinajstić information content (AvgIpc) is 3.11. The average molecular weight is 371 g/mol. The van der Waals surface area contributed by atoms with Crippen molar-refractivity contribution < 1.29 is 4.79 Å². The van der Waals surface area contributed by atoms with Crippen LogP contribution in [0.2, 0.25) is 0 Å². The van der Waals surface area contributed by atoms with Gasteiger partial charge in [-0.15, -0.1) is 10.2 Å². The maximum atomic E-state index is 12.2. The number of amides is 1. The van der Waals surface area contributed by atoms with E-state index in [1.54, 1.807) is 4.68 Å². The number of nitrogens with one attached hydrogen (secondary N) is 1. The second-order valence-corrected chi connectivity index (χ2v) is 7.02. The highest BCUT2D eigenvalue weighted by molar-refractivity contribution is 7.99. The summed E-state index contributed by atoms with van der Waals surface area (Å²) in [6.45, 7) is 7.81. The minimum absolute atomic E-state index is 0.126. The summed E-state index contributed by atoms with van der Waals surface area (Å²) in [6.07, 6.45) is 0. The highest BCUT2D eigenvalue weighted by Gasteiger charge is 2.16. The topological polar surface area (TPSA) is 104 Å². The highest BCUT2D eigenvalue weighted by Crippen LogP contribution is 2.20. The van der Waals surface area contributed by atoms with Crippen molar-refractivity contribution in [2.24, 2.45) is 0 Å². The first-order chi connectivity index (χ1) is 12.4. The molecule has 0 atom stereocenters. The van der Waals surface area contributed by atoms with Gasteiger partial charge in [0.2, 0.25) is 11.1 Å². The Balaban J connectivity index is 1.68. The molecule has 0 fully saturated rings. The number of nitrogens with two attached hydrogens (primary N) is 1. The molecule has 0 aliphatic rings. The lowest BCUT2D eigenvalue weighted by molar-refractivity contribution is -0.113. The SMILES string of the molecule is Cc1cc(C)n(-c2nnc(SCC(=O)Nc3cccc(C)c3C)n2N)n1. The van der Waals surface area contributed by atoms with Crippen LogP contribution in [0.15, 0.2) is 29.4 Å². The molecule has 0 radical (unpaired) electrons. The van der Waals surface area contributed by atoms with E-state index in [9.17, 15) is 4.79 Å². The van der Waals surface area contributed by atoms with Gasteiger partial charge in [-0.25, -0.2) is 9.36 Å². The van der Waals surface area contributed by atoms with Gasteiger partial charge in [-0.3, -0.25) is 4.79 Å². The lowest BCUT2D eigenvalue weighted by Crippen LogP contribution is -2.19. The summed E-state index contributed by atoms with van der Waals surface area (Å²) in [7, 11) is 0. The predicted molar refractivity (Wildman–Crippen MR) is 102 cm³/mol. The van der Waals surface area contributed by atoms with Gasteiger partial charge in [0.15, 0.2) is 0 Å². The van der Waals surface area contributed by atoms with Crippen LogP contribution < -0.4 is 11.2 Å². The van der Waals surface area contributed by atoms with E-state index < -0.39 is 0 Å². The van der Waals surface area contributed by atoms with Crippen LogP contribution in [0.5, 0.6) is 0 Å². The first-order valence-corrected chi connectivity index (χ1v) is 9.08. The molecule has 0 aliphatic carbocycles. The molecule has 3 aromatic rings. The Labute approximate surface area is 155 Å². The van der Waals surface area contributed by atoms with Crippen LogP contribution in [0.4, 0.5) is 5.69 Å². The van der Waals surface area contributed by atoms with Crippen LogP contribution in [0.3, 0.4) is 0 Å². The van der Waals surface area contributed by atoms with Crippen molar-refractivity contribution >= 4 is 23.4 Å². The van der Waals surface area contributed by atoms with Crippen LogP contribution in [0, 0.1) is 27.7 Å². The zero-order valence-corrected chi connectivity index (χ0v) is 16.0. The number of aromatic nitrogens is 5. The van der Waals surface area contributed by atoms with E-state index in [2.05, 4.69) is 20.6 Å². The molecule has 1 aromatic carbocycles. The molecule has 2 heterocycles. The minimum atomic E-state index is -0.126. The smallest absolute Gasteiger partial charge is 0.271 e. The fourth-order valence-electron chi connectivity index (χ4n) is 2.55. The molecule has 26 heavy (non-hydrogen) atoms. The Bertz CT molecular complexity index is 960. The summed E-state index contributed by atoms with van der Waals surface area (Å²) in [6, 6.07) is 7.75. The molecule has 3 N–H and O–H groups in total. The number of carbonyl (C=O) groups excluding carboxylic acids is 1. The van der Waals surface area contributed by atoms with Gasteiger partial charge >= 0.3 is 0 Å². The predicted octanol–water partition coefficient (Wildman–Crippen LogP) is 2.14. The van der Waals surface area contributed by atoms with Gasteiger partial charge in [-0.05, 0) is 51.0 Å². The first-order valence-electron chi connectivity index (χ1n) is 8.10. The number of benzene rings is 1. The van der Waals surface area contributed by atoms with E-state index in [1.807, 2.05) is 52.0 Å². The molecular formula is C17H21N7OS. The van der Waals surface area contributed by atoms with Crippen molar-refractivity contribution in [2.45, 2.75) is 32.9 Å². The third-order valence-electron chi connectivity index (χ3n) is 4.06. The van der Waals surface area contributed by atoms with Crippen LogP contribution >= 0.6 is 11.8 Å². The number of carbonyl (C=O) groups is 1. The third-order valence-corrected chi connectivity index (χ3v) is 5.00. The van der Waals surface area contributed by atoms with Crippen molar-refractivity contribution in [3.05, 3.63) is 46.8 Å². The van der Waals surface area contributed by atoms with E-state index in [0.29, 0.717) is 11.1 Å². The molecule has 136 valence electrons. The maximum absolute atomic E-state index is 12.2. The summed E-state index contributed by atoms with van der Waals surface area (Å²) in [5, 5.41) is 15.9. The van der Waals surface area contributed by atoms with Gasteiger partial charge in [0, 0.05) is 11.4 Å². The number of rotatable bonds is 5. The fraction of sp³-hybridized carbons (Fsp3) is 0.294. The Morgan fingerprint density at radius 2 is 2.00 bits per heavy atom. The first kappa shape index (κ1) is 18.0. The van der Waals surface area contributed by atoms with Gasteiger partial charge < -0.3 is 11.2 Å². The van der Waals surface area contributed by atoms with Crippen molar-refractivity contribution in [3.63, 3.8) is 0 Å². The van der Waals surface area contributed by atoms with Gasteiger partial charge in [0.1, 0.15) is 0 Å². The van der Waals surface area contributed by atoms with Crippen LogP contribution in [0.1, 0.15) is 22.5 Å². The molecule has 0 spiro atoms. The van der Waals surface area contributed by atoms with Crippen LogP contribution in [-0.2, 0) is 4.79 Å². The van der Waals surface area contributed by atoms with E-state index in [0.717, 1.165) is 28.2 Å². The number of nitrogens with zero attached hydrogens (tertiary/aromatic N) is 5. The van der Waals surface area contributed by atoms with Crippen molar-refractivity contribution in [1.82, 2.24) is 24.7 Å². The summed E-state index contributed by atoms with van der Waals surface area (Å²) in [4.78, 5) is 12.2. The molecule has 0 saturated carbocycles. The van der Waals surface area contributed by atoms with Gasteiger partial charge in [-0.2, -0.15) is 5.10 Å². The number of nitrogen functional groups attached to an aromatic ring is 1. The number of thioether (sulfide) groups is 1. The van der Waals surface area contributed by atoms with E-state index in [4.69, 9.17) is 5.84 Å². The van der Waals surface area contributed by atoms with Crippen molar-refractivity contribution in [2.75, 3.05) is 16.9 Å². The normalized spacial score (nSPS) is 10.9. The van der Waals surface area contributed by atoms with Crippen LogP contribution in [0.25, 0.3) is 5.95 Å². The Morgan fingerprint density at radius 3 is 2.69 bits per heavy atom. The Hall–Kier alpha value is -2.81. The summed E-state index contributed by atoms with van der Waals surface area (Å²) in [5.41, 5.74) is 4.78. The highest BCUT2D eigenvalue weighted by atomic mass is 32.2. The van der Waals surface area contributed by atoms with Gasteiger partial charge in [0.25, 0.3) is 5.95 Å². The number of hydrogen-bond acceptors (Lipinski definition) is 6. The van der Waals surface area contributed by atoms with Crippen LogP contribution in [-0.4, -0.2) is 36.3 Å². The molecule has 3 rings (SSSR count). The quantitative estimate of drug-likeness (QED) is 0.526. The third kappa shape index (κ3) is 3.57. The van der Waals surface area contributed by atoms with Gasteiger partial charge in [-0.1, -0.05) is 23.9 Å². The Morgan fingerprint density at radius 1 is 1.23 bits per heavy atom. The molecule has 0 bridgehead atoms. The second kappa shape index (κ2) is 7.20. The minimum Gasteiger partial charge on any atom is -0.334 e. The molecule has 1 amide bonds. The zero-order chi connectivity index (χ0) is 18.8. The Kier molecular flexibility index (Phi) is 4.99. The maximum Gasteiger partial charge on any atom is 0.271 e. The standard InChI is InChI=1S/C17H21N7OS/c1-10-6-5-7-14(13(10)4)19-15(25)9-26-17-21-20-16(23(17)18)24-12(3)8-11(2)22-24/h5-8H,9,18H2,1-4H3,(H,19,25). The van der Waals surface area contributed by atoms with E-state index >= 15 is 0 Å². The summed E-state index contributed by atoms with van der Waals surface area (Å²) < 4.78 is 2.97. The number of hydrogen-bond donors (Lipinski definition) is 2. The van der Waals surface area contributed by atoms with E-state index in [1.165, 1.54) is 16.4 Å². The van der Waals surface area contributed by atoms with E-state index in [-0.39, 0.29) is 11.7 Å². The van der Waals surface area contributed by atoms with Gasteiger partial charge in [0.05, 0.1) is 11.4 Å². The number of aryl methyl sites for hydroxylation is 3. The molecule has 0 saturated heterocycles. The summed E-state index contributed by atoms with van der Waals surface area (Å²) >= 11 is 1.22. The summed E-state index contributed by atoms with van der Waals surface area (Å²) in [5.74, 6) is 6.54. The number of anilines is 1. The van der Waals surface area contributed by atoms with Crippen molar-refractivity contribution in [1.29, 1.82) is 0 Å². The molecule has 2 aromatic heterocycles. The lowest BCUT2D eigenvalue weighted by atomic mass is 10.1. The zero-order valence-electron chi connectivity index (χ0n) is 15.1. The fourth-order valence-corrected chi connectivity index (χ4v) is 3.20. The molecule has 9 heteroatoms. The molecule has 0 aliphatic heterocycles. The molecule has 0 unspecified atom stereocenters.